The summed E-state index contributed by atoms with van der Waals surface area (Å²) in [5.74, 6) is 0.810. The van der Waals surface area contributed by atoms with E-state index in [4.69, 9.17) is 0 Å². The van der Waals surface area contributed by atoms with Crippen LogP contribution in [0.1, 0.15) is 19.8 Å². The minimum Gasteiger partial charge on any atom is -0.378 e. The van der Waals surface area contributed by atoms with E-state index in [0.717, 1.165) is 12.5 Å². The lowest BCUT2D eigenvalue weighted by atomic mass is 10.2. The number of nitro benzene ring substituents is 1. The van der Waals surface area contributed by atoms with Gasteiger partial charge in [-0.3, -0.25) is 15.1 Å². The maximum absolute atomic E-state index is 10.9. The zero-order valence-electron chi connectivity index (χ0n) is 12.5. The summed E-state index contributed by atoms with van der Waals surface area (Å²) in [5.41, 5.74) is 0.613. The molecule has 0 unspecified atom stereocenters. The largest absolute Gasteiger partial charge is 0.378 e. The van der Waals surface area contributed by atoms with Gasteiger partial charge in [0.2, 0.25) is 0 Å². The van der Waals surface area contributed by atoms with Crippen molar-refractivity contribution in [3.05, 3.63) is 34.4 Å². The van der Waals surface area contributed by atoms with Gasteiger partial charge in [-0.25, -0.2) is 0 Å². The number of para-hydroxylation sites is 2. The zero-order valence-corrected chi connectivity index (χ0v) is 14.9. The Balaban J connectivity index is 0.00000242. The molecule has 1 saturated carbocycles. The molecule has 1 aromatic rings. The molecular formula is C14H22IN5O2. The summed E-state index contributed by atoms with van der Waals surface area (Å²) in [4.78, 5) is 15.0. The molecule has 0 atom stereocenters. The summed E-state index contributed by atoms with van der Waals surface area (Å²) in [5, 5.41) is 20.5. The molecule has 122 valence electrons. The molecule has 1 aromatic carbocycles. The van der Waals surface area contributed by atoms with Crippen LogP contribution in [-0.4, -0.2) is 36.6 Å². The molecule has 0 aromatic heterocycles. The minimum atomic E-state index is -0.385. The fourth-order valence-corrected chi connectivity index (χ4v) is 1.88. The van der Waals surface area contributed by atoms with Crippen molar-refractivity contribution < 1.29 is 4.92 Å². The van der Waals surface area contributed by atoms with Crippen molar-refractivity contribution in [1.82, 2.24) is 10.6 Å². The number of hydrogen-bond donors (Lipinski definition) is 3. The van der Waals surface area contributed by atoms with Crippen molar-refractivity contribution in [2.75, 3.05) is 25.0 Å². The number of nitrogens with one attached hydrogen (secondary N) is 3. The highest BCUT2D eigenvalue weighted by molar-refractivity contribution is 14.0. The Morgan fingerprint density at radius 3 is 2.77 bits per heavy atom. The summed E-state index contributed by atoms with van der Waals surface area (Å²) in [6, 6.07) is 7.17. The van der Waals surface area contributed by atoms with Crippen molar-refractivity contribution in [1.29, 1.82) is 0 Å². The number of anilines is 1. The molecule has 0 bridgehead atoms. The van der Waals surface area contributed by atoms with Gasteiger partial charge in [0.15, 0.2) is 5.96 Å². The second kappa shape index (κ2) is 9.44. The topological polar surface area (TPSA) is 91.6 Å². The van der Waals surface area contributed by atoms with Gasteiger partial charge in [-0.05, 0) is 25.8 Å². The third-order valence-electron chi connectivity index (χ3n) is 3.06. The van der Waals surface area contributed by atoms with E-state index < -0.39 is 0 Å². The van der Waals surface area contributed by atoms with E-state index in [0.29, 0.717) is 24.8 Å². The number of benzene rings is 1. The number of aliphatic imine (C=N–C) groups is 1. The Morgan fingerprint density at radius 2 is 2.14 bits per heavy atom. The lowest BCUT2D eigenvalue weighted by molar-refractivity contribution is -0.384. The molecule has 0 heterocycles. The van der Waals surface area contributed by atoms with Crippen molar-refractivity contribution in [3.63, 3.8) is 0 Å². The standard InChI is InChI=1S/C14H21N5O2.HI/c1-2-15-14(18-11-7-8-11)17-10-9-16-12-5-3-4-6-13(12)19(20)21;/h3-6,11,16H,2,7-10H2,1H3,(H2,15,17,18);1H. The van der Waals surface area contributed by atoms with Crippen LogP contribution < -0.4 is 16.0 Å². The highest BCUT2D eigenvalue weighted by Gasteiger charge is 2.21. The molecule has 0 spiro atoms. The lowest BCUT2D eigenvalue weighted by Crippen LogP contribution is -2.38. The van der Waals surface area contributed by atoms with E-state index >= 15 is 0 Å². The van der Waals surface area contributed by atoms with Gasteiger partial charge in [0, 0.05) is 25.2 Å². The van der Waals surface area contributed by atoms with Gasteiger partial charge in [0.1, 0.15) is 5.69 Å². The highest BCUT2D eigenvalue weighted by Crippen LogP contribution is 2.22. The molecule has 3 N–H and O–H groups in total. The Labute approximate surface area is 147 Å². The van der Waals surface area contributed by atoms with Gasteiger partial charge in [0.05, 0.1) is 11.5 Å². The van der Waals surface area contributed by atoms with Gasteiger partial charge in [-0.2, -0.15) is 0 Å². The van der Waals surface area contributed by atoms with Crippen molar-refractivity contribution in [2.45, 2.75) is 25.8 Å². The number of rotatable bonds is 7. The van der Waals surface area contributed by atoms with E-state index in [1.807, 2.05) is 6.92 Å². The molecule has 1 aliphatic rings. The summed E-state index contributed by atoms with van der Waals surface area (Å²) in [6.07, 6.45) is 2.39. The average Bonchev–Trinajstić information content (AvgIpc) is 3.28. The quantitative estimate of drug-likeness (QED) is 0.158. The molecule has 0 amide bonds. The van der Waals surface area contributed by atoms with Crippen LogP contribution in [0.15, 0.2) is 29.3 Å². The first-order valence-corrected chi connectivity index (χ1v) is 7.23. The van der Waals surface area contributed by atoms with Crippen LogP contribution in [-0.2, 0) is 0 Å². The molecule has 1 aliphatic carbocycles. The second-order valence-corrected chi connectivity index (χ2v) is 4.88. The van der Waals surface area contributed by atoms with E-state index in [-0.39, 0.29) is 34.6 Å². The van der Waals surface area contributed by atoms with Crippen LogP contribution in [0.5, 0.6) is 0 Å². The first-order chi connectivity index (χ1) is 10.2. The summed E-state index contributed by atoms with van der Waals surface area (Å²) < 4.78 is 0. The molecule has 0 radical (unpaired) electrons. The van der Waals surface area contributed by atoms with Gasteiger partial charge >= 0.3 is 0 Å². The second-order valence-electron chi connectivity index (χ2n) is 4.88. The Kier molecular flexibility index (Phi) is 7.92. The van der Waals surface area contributed by atoms with Crippen LogP contribution in [0.4, 0.5) is 11.4 Å². The fraction of sp³-hybridized carbons (Fsp3) is 0.500. The number of hydrogen-bond acceptors (Lipinski definition) is 4. The lowest BCUT2D eigenvalue weighted by Gasteiger charge is -2.10. The Bertz CT molecular complexity index is 520. The Hall–Kier alpha value is -1.58. The smallest absolute Gasteiger partial charge is 0.292 e. The number of guanidine groups is 1. The van der Waals surface area contributed by atoms with Crippen molar-refractivity contribution in [2.24, 2.45) is 4.99 Å². The SMILES string of the molecule is CCNC(=NCCNc1ccccc1[N+](=O)[O-])NC1CC1.I. The summed E-state index contributed by atoms with van der Waals surface area (Å²) >= 11 is 0. The van der Waals surface area contributed by atoms with E-state index in [1.54, 1.807) is 18.2 Å². The first-order valence-electron chi connectivity index (χ1n) is 7.23. The van der Waals surface area contributed by atoms with E-state index in [2.05, 4.69) is 20.9 Å². The first kappa shape index (κ1) is 18.5. The third-order valence-corrected chi connectivity index (χ3v) is 3.06. The molecule has 7 nitrogen and oxygen atoms in total. The van der Waals surface area contributed by atoms with Crippen LogP contribution in [0.25, 0.3) is 0 Å². The molecule has 2 rings (SSSR count). The summed E-state index contributed by atoms with van der Waals surface area (Å²) in [6.45, 7) is 3.94. The maximum Gasteiger partial charge on any atom is 0.292 e. The number of nitrogens with zero attached hydrogens (tertiary/aromatic N) is 2. The molecule has 0 saturated heterocycles. The number of halogens is 1. The van der Waals surface area contributed by atoms with Crippen LogP contribution >= 0.6 is 24.0 Å². The predicted molar refractivity (Wildman–Crippen MR) is 99.1 cm³/mol. The maximum atomic E-state index is 10.9. The fourth-order valence-electron chi connectivity index (χ4n) is 1.88. The van der Waals surface area contributed by atoms with E-state index in [1.165, 1.54) is 18.9 Å². The van der Waals surface area contributed by atoms with Gasteiger partial charge < -0.3 is 16.0 Å². The molecule has 1 fully saturated rings. The monoisotopic (exact) mass is 419 g/mol. The molecule has 0 aliphatic heterocycles. The normalized spacial score (nSPS) is 14.0. The van der Waals surface area contributed by atoms with Crippen LogP contribution in [0, 0.1) is 10.1 Å². The molecule has 8 heteroatoms. The van der Waals surface area contributed by atoms with Crippen molar-refractivity contribution >= 4 is 41.3 Å². The third kappa shape index (κ3) is 6.04. The Morgan fingerprint density at radius 1 is 1.41 bits per heavy atom. The molecular weight excluding hydrogens is 397 g/mol. The average molecular weight is 419 g/mol. The zero-order chi connectivity index (χ0) is 15.1. The predicted octanol–water partition coefficient (Wildman–Crippen LogP) is 2.34. The van der Waals surface area contributed by atoms with Gasteiger partial charge in [-0.1, -0.05) is 12.1 Å². The highest BCUT2D eigenvalue weighted by atomic mass is 127. The van der Waals surface area contributed by atoms with Crippen LogP contribution in [0.3, 0.4) is 0 Å². The van der Waals surface area contributed by atoms with Gasteiger partial charge in [-0.15, -0.1) is 24.0 Å². The van der Waals surface area contributed by atoms with Gasteiger partial charge in [0.25, 0.3) is 5.69 Å². The van der Waals surface area contributed by atoms with Crippen molar-refractivity contribution in [3.8, 4) is 0 Å². The van der Waals surface area contributed by atoms with E-state index in [9.17, 15) is 10.1 Å². The van der Waals surface area contributed by atoms with Crippen LogP contribution in [0.2, 0.25) is 0 Å². The number of nitro groups is 1. The minimum absolute atomic E-state index is 0. The molecule has 22 heavy (non-hydrogen) atoms. The summed E-state index contributed by atoms with van der Waals surface area (Å²) in [7, 11) is 0.